The number of hydrogen-bond acceptors (Lipinski definition) is 5. The normalized spacial score (nSPS) is 25.2. The molecule has 1 aromatic heterocycles. The molecule has 114 valence electrons. The quantitative estimate of drug-likeness (QED) is 0.815. The molecular weight excluding hydrogens is 268 g/mol. The minimum absolute atomic E-state index is 0.628. The average Bonchev–Trinajstić information content (AvgIpc) is 2.84. The lowest BCUT2D eigenvalue weighted by Gasteiger charge is -2.42. The number of thiazole rings is 1. The molecule has 1 aliphatic rings. The monoisotopic (exact) mass is 296 g/mol. The zero-order valence-corrected chi connectivity index (χ0v) is 14.0. The first-order valence-electron chi connectivity index (χ1n) is 7.68. The summed E-state index contributed by atoms with van der Waals surface area (Å²) in [4.78, 5) is 9.75. The molecule has 2 unspecified atom stereocenters. The van der Waals surface area contributed by atoms with Crippen LogP contribution in [0.4, 0.5) is 0 Å². The third kappa shape index (κ3) is 4.25. The summed E-state index contributed by atoms with van der Waals surface area (Å²) < 4.78 is 0. The van der Waals surface area contributed by atoms with E-state index in [1.165, 1.54) is 17.1 Å². The number of nitrogens with one attached hydrogen (secondary N) is 1. The third-order valence-electron chi connectivity index (χ3n) is 4.12. The predicted molar refractivity (Wildman–Crippen MR) is 86.1 cm³/mol. The van der Waals surface area contributed by atoms with Gasteiger partial charge in [-0.2, -0.15) is 0 Å². The molecule has 1 fully saturated rings. The topological polar surface area (TPSA) is 31.4 Å². The molecule has 1 N–H and O–H groups in total. The molecule has 0 spiro atoms. The molecule has 2 heterocycles. The van der Waals surface area contributed by atoms with Crippen molar-refractivity contribution in [1.29, 1.82) is 0 Å². The van der Waals surface area contributed by atoms with Crippen molar-refractivity contribution >= 4 is 11.3 Å². The van der Waals surface area contributed by atoms with Gasteiger partial charge < -0.3 is 5.32 Å². The summed E-state index contributed by atoms with van der Waals surface area (Å²) in [7, 11) is 2.23. The minimum Gasteiger partial charge on any atom is -0.310 e. The molecule has 5 heteroatoms. The highest BCUT2D eigenvalue weighted by molar-refractivity contribution is 7.09. The van der Waals surface area contributed by atoms with Gasteiger partial charge in [-0.05, 0) is 33.9 Å². The fourth-order valence-corrected chi connectivity index (χ4v) is 3.50. The van der Waals surface area contributed by atoms with Gasteiger partial charge in [-0.3, -0.25) is 9.80 Å². The standard InChI is InChI=1S/C15H28N4S/c1-5-6-16-7-15-17-14(11-20-15)10-19-8-12(2)18(4)13(3)9-19/h11-13,16H,5-10H2,1-4H3. The average molecular weight is 296 g/mol. The number of likely N-dealkylation sites (N-methyl/N-ethyl adjacent to an activating group) is 1. The third-order valence-corrected chi connectivity index (χ3v) is 5.02. The van der Waals surface area contributed by atoms with Crippen LogP contribution in [0.5, 0.6) is 0 Å². The predicted octanol–water partition coefficient (Wildman–Crippen LogP) is 2.17. The first-order valence-corrected chi connectivity index (χ1v) is 8.56. The number of rotatable bonds is 6. The molecular formula is C15H28N4S. The molecule has 0 aromatic carbocycles. The van der Waals surface area contributed by atoms with E-state index in [9.17, 15) is 0 Å². The summed E-state index contributed by atoms with van der Waals surface area (Å²) in [5, 5.41) is 6.85. The Morgan fingerprint density at radius 2 is 2.05 bits per heavy atom. The van der Waals surface area contributed by atoms with Crippen molar-refractivity contribution in [2.24, 2.45) is 0 Å². The van der Waals surface area contributed by atoms with Crippen LogP contribution in [-0.2, 0) is 13.1 Å². The fourth-order valence-electron chi connectivity index (χ4n) is 2.75. The van der Waals surface area contributed by atoms with Crippen molar-refractivity contribution in [3.05, 3.63) is 16.1 Å². The zero-order valence-electron chi connectivity index (χ0n) is 13.2. The molecule has 4 nitrogen and oxygen atoms in total. The Hall–Kier alpha value is -0.490. The second-order valence-electron chi connectivity index (χ2n) is 5.97. The Bertz CT molecular complexity index is 394. The number of hydrogen-bond donors (Lipinski definition) is 1. The smallest absolute Gasteiger partial charge is 0.107 e. The molecule has 0 amide bonds. The summed E-state index contributed by atoms with van der Waals surface area (Å²) >= 11 is 1.78. The highest BCUT2D eigenvalue weighted by Crippen LogP contribution is 2.17. The van der Waals surface area contributed by atoms with E-state index in [-0.39, 0.29) is 0 Å². The number of aromatic nitrogens is 1. The zero-order chi connectivity index (χ0) is 14.5. The Morgan fingerprint density at radius 1 is 1.35 bits per heavy atom. The molecule has 20 heavy (non-hydrogen) atoms. The molecule has 0 saturated carbocycles. The van der Waals surface area contributed by atoms with Crippen molar-refractivity contribution < 1.29 is 0 Å². The van der Waals surface area contributed by atoms with Gasteiger partial charge in [0.05, 0.1) is 5.69 Å². The lowest BCUT2D eigenvalue weighted by Crippen LogP contribution is -2.54. The van der Waals surface area contributed by atoms with E-state index in [0.29, 0.717) is 12.1 Å². The Balaban J connectivity index is 1.84. The van der Waals surface area contributed by atoms with Crippen molar-refractivity contribution in [2.75, 3.05) is 26.7 Å². The van der Waals surface area contributed by atoms with Gasteiger partial charge in [0.1, 0.15) is 5.01 Å². The van der Waals surface area contributed by atoms with Gasteiger partial charge in [0, 0.05) is 43.6 Å². The molecule has 0 radical (unpaired) electrons. The van der Waals surface area contributed by atoms with Gasteiger partial charge in [-0.25, -0.2) is 4.98 Å². The van der Waals surface area contributed by atoms with Crippen molar-refractivity contribution in [3.8, 4) is 0 Å². The Morgan fingerprint density at radius 3 is 2.70 bits per heavy atom. The highest BCUT2D eigenvalue weighted by atomic mass is 32.1. The van der Waals surface area contributed by atoms with E-state index < -0.39 is 0 Å². The van der Waals surface area contributed by atoms with Gasteiger partial charge >= 0.3 is 0 Å². The lowest BCUT2D eigenvalue weighted by atomic mass is 10.1. The van der Waals surface area contributed by atoms with Gasteiger partial charge in [-0.1, -0.05) is 6.92 Å². The van der Waals surface area contributed by atoms with E-state index in [1.807, 2.05) is 0 Å². The van der Waals surface area contributed by atoms with Crippen LogP contribution >= 0.6 is 11.3 Å². The van der Waals surface area contributed by atoms with E-state index >= 15 is 0 Å². The largest absolute Gasteiger partial charge is 0.310 e. The van der Waals surface area contributed by atoms with E-state index in [0.717, 1.165) is 32.7 Å². The molecule has 2 rings (SSSR count). The molecule has 2 atom stereocenters. The van der Waals surface area contributed by atoms with E-state index in [2.05, 4.69) is 48.3 Å². The highest BCUT2D eigenvalue weighted by Gasteiger charge is 2.26. The van der Waals surface area contributed by atoms with Crippen LogP contribution in [0.1, 0.15) is 37.9 Å². The molecule has 0 bridgehead atoms. The van der Waals surface area contributed by atoms with Gasteiger partial charge in [0.15, 0.2) is 0 Å². The van der Waals surface area contributed by atoms with Crippen molar-refractivity contribution in [2.45, 2.75) is 52.4 Å². The maximum absolute atomic E-state index is 4.75. The SMILES string of the molecule is CCCNCc1nc(CN2CC(C)N(C)C(C)C2)cs1. The summed E-state index contributed by atoms with van der Waals surface area (Å²) in [5.41, 5.74) is 1.23. The fraction of sp³-hybridized carbons (Fsp3) is 0.800. The van der Waals surface area contributed by atoms with Crippen LogP contribution in [0.25, 0.3) is 0 Å². The minimum atomic E-state index is 0.628. The number of nitrogens with zero attached hydrogens (tertiary/aromatic N) is 3. The van der Waals surface area contributed by atoms with Crippen LogP contribution in [-0.4, -0.2) is 53.5 Å². The molecule has 1 saturated heterocycles. The second-order valence-corrected chi connectivity index (χ2v) is 6.91. The van der Waals surface area contributed by atoms with E-state index in [4.69, 9.17) is 4.98 Å². The summed E-state index contributed by atoms with van der Waals surface area (Å²) in [6.45, 7) is 12.1. The summed E-state index contributed by atoms with van der Waals surface area (Å²) in [5.74, 6) is 0. The maximum atomic E-state index is 4.75. The van der Waals surface area contributed by atoms with Crippen molar-refractivity contribution in [1.82, 2.24) is 20.1 Å². The van der Waals surface area contributed by atoms with Crippen LogP contribution < -0.4 is 5.32 Å². The van der Waals surface area contributed by atoms with Crippen LogP contribution in [0, 0.1) is 0 Å². The van der Waals surface area contributed by atoms with Crippen LogP contribution in [0.3, 0.4) is 0 Å². The Labute approximate surface area is 127 Å². The van der Waals surface area contributed by atoms with Gasteiger partial charge in [-0.15, -0.1) is 11.3 Å². The second kappa shape index (κ2) is 7.50. The van der Waals surface area contributed by atoms with Gasteiger partial charge in [0.25, 0.3) is 0 Å². The molecule has 0 aliphatic carbocycles. The molecule has 1 aromatic rings. The first kappa shape index (κ1) is 15.9. The van der Waals surface area contributed by atoms with E-state index in [1.54, 1.807) is 11.3 Å². The molecule has 1 aliphatic heterocycles. The summed E-state index contributed by atoms with van der Waals surface area (Å²) in [6, 6.07) is 1.26. The lowest BCUT2D eigenvalue weighted by molar-refractivity contribution is 0.0550. The first-order chi connectivity index (χ1) is 9.60. The van der Waals surface area contributed by atoms with Crippen molar-refractivity contribution in [3.63, 3.8) is 0 Å². The maximum Gasteiger partial charge on any atom is 0.107 e. The van der Waals surface area contributed by atoms with Crippen LogP contribution in [0.15, 0.2) is 5.38 Å². The number of piperazine rings is 1. The summed E-state index contributed by atoms with van der Waals surface area (Å²) in [6.07, 6.45) is 1.18. The Kier molecular flexibility index (Phi) is 5.96. The van der Waals surface area contributed by atoms with Crippen LogP contribution in [0.2, 0.25) is 0 Å². The van der Waals surface area contributed by atoms with Gasteiger partial charge in [0.2, 0.25) is 0 Å².